The van der Waals surface area contributed by atoms with Gasteiger partial charge in [0.05, 0.1) is 0 Å². The third kappa shape index (κ3) is 2.32. The molecule has 1 aromatic heterocycles. The molecule has 0 saturated heterocycles. The lowest BCUT2D eigenvalue weighted by Crippen LogP contribution is -2.32. The first kappa shape index (κ1) is 15.8. The third-order valence-electron chi connectivity index (χ3n) is 5.44. The number of nitrogens with zero attached hydrogens (tertiary/aromatic N) is 1. The van der Waals surface area contributed by atoms with E-state index in [4.69, 9.17) is 20.8 Å². The lowest BCUT2D eigenvalue weighted by Gasteiger charge is -2.32. The van der Waals surface area contributed by atoms with Gasteiger partial charge < -0.3 is 14.1 Å². The molecule has 0 radical (unpaired) electrons. The largest absolute Gasteiger partial charge is 0.472 e. The maximum Gasteiger partial charge on any atom is 0.339 e. The molecule has 0 atom stereocenters. The highest BCUT2D eigenvalue weighted by atomic mass is 35.5. The van der Waals surface area contributed by atoms with Crippen molar-refractivity contribution in [2.75, 3.05) is 11.6 Å². The minimum Gasteiger partial charge on any atom is -0.472 e. The molecule has 0 bridgehead atoms. The zero-order valence-electron chi connectivity index (χ0n) is 14.5. The number of rotatable bonds is 1. The molecular formula is C21H18ClNO3. The summed E-state index contributed by atoms with van der Waals surface area (Å²) in [5, 5.41) is 1.79. The molecule has 3 aromatic rings. The van der Waals surface area contributed by atoms with E-state index in [1.54, 1.807) is 0 Å². The molecule has 5 heteroatoms. The van der Waals surface area contributed by atoms with Crippen LogP contribution < -0.4 is 15.3 Å². The second kappa shape index (κ2) is 5.78. The fourth-order valence-corrected chi connectivity index (χ4v) is 4.28. The van der Waals surface area contributed by atoms with E-state index in [0.29, 0.717) is 12.3 Å². The summed E-state index contributed by atoms with van der Waals surface area (Å²) in [5.74, 6) is 0.837. The molecule has 0 spiro atoms. The van der Waals surface area contributed by atoms with Crippen molar-refractivity contribution in [3.05, 3.63) is 68.0 Å². The van der Waals surface area contributed by atoms with Gasteiger partial charge in [0.2, 0.25) is 0 Å². The van der Waals surface area contributed by atoms with Gasteiger partial charge in [0.25, 0.3) is 0 Å². The summed E-state index contributed by atoms with van der Waals surface area (Å²) >= 11 is 6.00. The van der Waals surface area contributed by atoms with E-state index in [9.17, 15) is 4.79 Å². The Bertz CT molecular complexity index is 1090. The fourth-order valence-electron chi connectivity index (χ4n) is 4.16. The molecular weight excluding hydrogens is 350 g/mol. The Balaban J connectivity index is 1.64. The van der Waals surface area contributed by atoms with Crippen LogP contribution in [0.15, 0.2) is 39.5 Å². The SMILES string of the molecule is Cc1c2c(cc3c4c(c(=O)oc13)CCC4)CN(c1ccc(Cl)cc1)CO2. The number of fused-ring (bicyclic) bond motifs is 4. The fraction of sp³-hybridized carbons (Fsp3) is 0.286. The molecule has 1 aliphatic carbocycles. The number of anilines is 1. The van der Waals surface area contributed by atoms with Crippen LogP contribution in [0.25, 0.3) is 11.0 Å². The maximum absolute atomic E-state index is 12.3. The Kier molecular flexibility index (Phi) is 3.50. The van der Waals surface area contributed by atoms with Gasteiger partial charge in [-0.15, -0.1) is 0 Å². The number of hydrogen-bond acceptors (Lipinski definition) is 4. The molecule has 5 rings (SSSR count). The monoisotopic (exact) mass is 367 g/mol. The highest BCUT2D eigenvalue weighted by Crippen LogP contribution is 2.38. The van der Waals surface area contributed by atoms with Crippen LogP contribution in [0.2, 0.25) is 5.02 Å². The third-order valence-corrected chi connectivity index (χ3v) is 5.69. The van der Waals surface area contributed by atoms with Crippen LogP contribution in [0, 0.1) is 6.92 Å². The molecule has 0 saturated carbocycles. The minimum atomic E-state index is -0.188. The van der Waals surface area contributed by atoms with E-state index in [0.717, 1.165) is 69.9 Å². The van der Waals surface area contributed by atoms with Gasteiger partial charge in [-0.1, -0.05) is 11.6 Å². The number of hydrogen-bond donors (Lipinski definition) is 0. The predicted molar refractivity (Wildman–Crippen MR) is 102 cm³/mol. The van der Waals surface area contributed by atoms with Gasteiger partial charge in [-0.05, 0) is 62.1 Å². The molecule has 0 amide bonds. The Morgan fingerprint density at radius 1 is 1.12 bits per heavy atom. The molecule has 2 aromatic carbocycles. The van der Waals surface area contributed by atoms with Crippen LogP contribution in [-0.4, -0.2) is 6.73 Å². The number of ether oxygens (including phenoxy) is 1. The van der Waals surface area contributed by atoms with Crippen LogP contribution in [0.1, 0.15) is 28.7 Å². The van der Waals surface area contributed by atoms with Gasteiger partial charge in [0, 0.05) is 39.3 Å². The topological polar surface area (TPSA) is 42.7 Å². The molecule has 2 aliphatic rings. The van der Waals surface area contributed by atoms with Gasteiger partial charge in [0.1, 0.15) is 11.3 Å². The first-order valence-electron chi connectivity index (χ1n) is 8.86. The first-order chi connectivity index (χ1) is 12.6. The van der Waals surface area contributed by atoms with Crippen molar-refractivity contribution in [2.24, 2.45) is 0 Å². The van der Waals surface area contributed by atoms with Crippen molar-refractivity contribution in [1.29, 1.82) is 0 Å². The molecule has 4 nitrogen and oxygen atoms in total. The van der Waals surface area contributed by atoms with Crippen molar-refractivity contribution in [1.82, 2.24) is 0 Å². The van der Waals surface area contributed by atoms with Crippen LogP contribution in [0.5, 0.6) is 5.75 Å². The summed E-state index contributed by atoms with van der Waals surface area (Å²) in [4.78, 5) is 14.5. The zero-order valence-corrected chi connectivity index (χ0v) is 15.2. The minimum absolute atomic E-state index is 0.188. The zero-order chi connectivity index (χ0) is 17.8. The van der Waals surface area contributed by atoms with Gasteiger partial charge >= 0.3 is 5.63 Å². The average Bonchev–Trinajstić information content (AvgIpc) is 3.14. The molecule has 132 valence electrons. The highest BCUT2D eigenvalue weighted by Gasteiger charge is 2.26. The normalized spacial score (nSPS) is 15.7. The molecule has 26 heavy (non-hydrogen) atoms. The molecule has 0 N–H and O–H groups in total. The maximum atomic E-state index is 12.3. The summed E-state index contributed by atoms with van der Waals surface area (Å²) in [7, 11) is 0. The second-order valence-electron chi connectivity index (χ2n) is 7.01. The lowest BCUT2D eigenvalue weighted by molar-refractivity contribution is 0.287. The summed E-state index contributed by atoms with van der Waals surface area (Å²) in [6.07, 6.45) is 2.78. The van der Waals surface area contributed by atoms with Crippen LogP contribution in [0.3, 0.4) is 0 Å². The number of halogens is 1. The summed E-state index contributed by atoms with van der Waals surface area (Å²) in [6.45, 7) is 3.18. The average molecular weight is 368 g/mol. The van der Waals surface area contributed by atoms with Crippen LogP contribution >= 0.6 is 11.6 Å². The molecule has 0 fully saturated rings. The summed E-state index contributed by atoms with van der Waals surface area (Å²) < 4.78 is 11.7. The Morgan fingerprint density at radius 3 is 2.69 bits per heavy atom. The Labute approximate surface area is 155 Å². The quantitative estimate of drug-likeness (QED) is 0.589. The highest BCUT2D eigenvalue weighted by molar-refractivity contribution is 6.30. The van der Waals surface area contributed by atoms with Crippen LogP contribution in [-0.2, 0) is 19.4 Å². The van der Waals surface area contributed by atoms with Gasteiger partial charge in [-0.25, -0.2) is 4.79 Å². The van der Waals surface area contributed by atoms with E-state index >= 15 is 0 Å². The Morgan fingerprint density at radius 2 is 1.88 bits per heavy atom. The standard InChI is InChI=1S/C21H18ClNO3/c1-12-19-13(10-23(11-25-19)15-7-5-14(22)6-8-15)9-18-16-3-2-4-17(16)21(24)26-20(12)18/h5-9H,2-4,10-11H2,1H3. The van der Waals surface area contributed by atoms with E-state index in [1.165, 1.54) is 0 Å². The van der Waals surface area contributed by atoms with Crippen molar-refractivity contribution < 1.29 is 9.15 Å². The smallest absolute Gasteiger partial charge is 0.339 e. The van der Waals surface area contributed by atoms with Crippen molar-refractivity contribution in [3.63, 3.8) is 0 Å². The van der Waals surface area contributed by atoms with Crippen molar-refractivity contribution in [2.45, 2.75) is 32.7 Å². The number of benzene rings is 2. The van der Waals surface area contributed by atoms with Crippen molar-refractivity contribution >= 4 is 28.3 Å². The summed E-state index contributed by atoms with van der Waals surface area (Å²) in [5.41, 5.74) is 5.61. The van der Waals surface area contributed by atoms with E-state index in [-0.39, 0.29) is 5.63 Å². The lowest BCUT2D eigenvalue weighted by atomic mass is 9.99. The van der Waals surface area contributed by atoms with E-state index in [1.807, 2.05) is 31.2 Å². The predicted octanol–water partition coefficient (Wildman–Crippen LogP) is 4.60. The summed E-state index contributed by atoms with van der Waals surface area (Å²) in [6, 6.07) is 9.93. The second-order valence-corrected chi connectivity index (χ2v) is 7.45. The molecule has 0 unspecified atom stereocenters. The molecule has 2 heterocycles. The van der Waals surface area contributed by atoms with Crippen molar-refractivity contribution in [3.8, 4) is 5.75 Å². The van der Waals surface area contributed by atoms with Gasteiger partial charge in [-0.2, -0.15) is 0 Å². The first-order valence-corrected chi connectivity index (χ1v) is 9.24. The van der Waals surface area contributed by atoms with Crippen LogP contribution in [0.4, 0.5) is 5.69 Å². The van der Waals surface area contributed by atoms with E-state index < -0.39 is 0 Å². The molecule has 1 aliphatic heterocycles. The Hall–Kier alpha value is -2.46. The van der Waals surface area contributed by atoms with Gasteiger partial charge in [-0.3, -0.25) is 0 Å². The number of aryl methyl sites for hydroxylation is 2. The van der Waals surface area contributed by atoms with E-state index in [2.05, 4.69) is 11.0 Å². The van der Waals surface area contributed by atoms with Gasteiger partial charge in [0.15, 0.2) is 6.73 Å².